The van der Waals surface area contributed by atoms with Gasteiger partial charge in [-0.2, -0.15) is 0 Å². The Kier molecular flexibility index (Phi) is 17.1. The molecule has 0 radical (unpaired) electrons. The zero-order chi connectivity index (χ0) is 11.1. The van der Waals surface area contributed by atoms with Crippen molar-refractivity contribution in [2.75, 3.05) is 0 Å². The van der Waals surface area contributed by atoms with Crippen LogP contribution in [0.15, 0.2) is 72.8 Å². The molecule has 0 amide bonds. The van der Waals surface area contributed by atoms with E-state index in [1.165, 1.54) is 11.1 Å². The second kappa shape index (κ2) is 14.3. The molecule has 0 atom stereocenters. The van der Waals surface area contributed by atoms with Crippen molar-refractivity contribution in [1.29, 1.82) is 0 Å². The second-order valence-electron chi connectivity index (χ2n) is 3.54. The van der Waals surface area contributed by atoms with E-state index in [9.17, 15) is 0 Å². The zero-order valence-electron chi connectivity index (χ0n) is 11.6. The minimum Gasteiger partial charge on any atom is -0.358 e. The Morgan fingerprint density at radius 2 is 0.850 bits per heavy atom. The molecule has 2 rings (SSSR count). The van der Waals surface area contributed by atoms with Crippen LogP contribution in [-0.2, 0) is 21.7 Å². The van der Waals surface area contributed by atoms with Gasteiger partial charge >= 0.3 is 21.7 Å². The molecule has 0 saturated heterocycles. The van der Waals surface area contributed by atoms with Crippen LogP contribution in [0.1, 0.15) is 11.1 Å². The molecule has 2 aromatic rings. The zero-order valence-corrected chi connectivity index (χ0v) is 13.1. The predicted molar refractivity (Wildman–Crippen MR) is 95.1 cm³/mol. The molecule has 0 saturated carbocycles. The van der Waals surface area contributed by atoms with Gasteiger partial charge in [0, 0.05) is 0 Å². The molecule has 104 valence electrons. The van der Waals surface area contributed by atoms with Gasteiger partial charge in [-0.3, -0.25) is 0 Å². The van der Waals surface area contributed by atoms with E-state index in [1.54, 1.807) is 0 Å². The Labute approximate surface area is 143 Å². The number of rotatable bonds is 3. The average Bonchev–Trinajstić information content (AvgIpc) is 2.37. The van der Waals surface area contributed by atoms with Crippen LogP contribution in [0.25, 0.3) is 12.2 Å². The SMILES string of the molecule is C(C=Cc1ccccc1)=Cc1ccccc1.[CH3-].[CH3-].[SiH4].[Ti+2]. The molecule has 2 aromatic carbocycles. The smallest absolute Gasteiger partial charge is 0.358 e. The molecule has 0 N–H and O–H groups in total. The van der Waals surface area contributed by atoms with Crippen molar-refractivity contribution in [3.8, 4) is 0 Å². The van der Waals surface area contributed by atoms with E-state index in [2.05, 4.69) is 48.6 Å². The molecule has 0 heterocycles. The van der Waals surface area contributed by atoms with Gasteiger partial charge in [-0.15, -0.1) is 0 Å². The Bertz CT molecular complexity index is 428. The second-order valence-corrected chi connectivity index (χ2v) is 3.54. The fourth-order valence-electron chi connectivity index (χ4n) is 1.46. The van der Waals surface area contributed by atoms with Crippen LogP contribution >= 0.6 is 0 Å². The fraction of sp³-hybridized carbons (Fsp3) is 0. The van der Waals surface area contributed by atoms with Crippen LogP contribution in [0, 0.1) is 14.9 Å². The Morgan fingerprint density at radius 1 is 0.550 bits per heavy atom. The molecule has 0 aliphatic heterocycles. The van der Waals surface area contributed by atoms with Crippen molar-refractivity contribution < 1.29 is 21.7 Å². The average molecular weight is 316 g/mol. The van der Waals surface area contributed by atoms with Crippen LogP contribution < -0.4 is 0 Å². The van der Waals surface area contributed by atoms with Crippen molar-refractivity contribution in [2.45, 2.75) is 0 Å². The maximum absolute atomic E-state index is 2.10. The normalized spacial score (nSPS) is 9.00. The predicted octanol–water partition coefficient (Wildman–Crippen LogP) is 3.86. The molecular formula is C18H24SiTi. The van der Waals surface area contributed by atoms with Crippen LogP contribution in [-0.4, -0.2) is 11.0 Å². The summed E-state index contributed by atoms with van der Waals surface area (Å²) < 4.78 is 0. The molecule has 0 aromatic heterocycles. The molecule has 0 unspecified atom stereocenters. The molecular weight excluding hydrogens is 292 g/mol. The Balaban J connectivity index is -0.000000722. The van der Waals surface area contributed by atoms with Crippen LogP contribution in [0.2, 0.25) is 0 Å². The summed E-state index contributed by atoms with van der Waals surface area (Å²) in [5, 5.41) is 0. The van der Waals surface area contributed by atoms with Crippen LogP contribution in [0.3, 0.4) is 0 Å². The first-order valence-electron chi connectivity index (χ1n) is 5.40. The third-order valence-corrected chi connectivity index (χ3v) is 2.29. The van der Waals surface area contributed by atoms with E-state index in [-0.39, 0.29) is 47.5 Å². The van der Waals surface area contributed by atoms with Crippen molar-refractivity contribution in [3.63, 3.8) is 0 Å². The summed E-state index contributed by atoms with van der Waals surface area (Å²) in [5.74, 6) is 0. The van der Waals surface area contributed by atoms with E-state index in [4.69, 9.17) is 0 Å². The third-order valence-electron chi connectivity index (χ3n) is 2.29. The summed E-state index contributed by atoms with van der Waals surface area (Å²) in [6.07, 6.45) is 8.31. The summed E-state index contributed by atoms with van der Waals surface area (Å²) >= 11 is 0. The monoisotopic (exact) mass is 316 g/mol. The van der Waals surface area contributed by atoms with Gasteiger partial charge in [0.1, 0.15) is 0 Å². The van der Waals surface area contributed by atoms with Gasteiger partial charge < -0.3 is 14.9 Å². The van der Waals surface area contributed by atoms with E-state index >= 15 is 0 Å². The molecule has 0 fully saturated rings. The first kappa shape index (κ1) is 23.9. The number of hydrogen-bond acceptors (Lipinski definition) is 0. The number of allylic oxidation sites excluding steroid dienone is 2. The molecule has 2 heteroatoms. The summed E-state index contributed by atoms with van der Waals surface area (Å²) in [4.78, 5) is 0. The molecule has 0 aliphatic carbocycles. The molecule has 20 heavy (non-hydrogen) atoms. The number of hydrogen-bond donors (Lipinski definition) is 0. The number of benzene rings is 2. The van der Waals surface area contributed by atoms with Crippen molar-refractivity contribution in [1.82, 2.24) is 0 Å². The molecule has 0 bridgehead atoms. The van der Waals surface area contributed by atoms with Gasteiger partial charge in [-0.25, -0.2) is 0 Å². The van der Waals surface area contributed by atoms with Gasteiger partial charge in [0.2, 0.25) is 0 Å². The fourth-order valence-corrected chi connectivity index (χ4v) is 1.46. The molecule has 0 nitrogen and oxygen atoms in total. The third kappa shape index (κ3) is 8.87. The minimum atomic E-state index is 0. The van der Waals surface area contributed by atoms with Crippen molar-refractivity contribution in [2.24, 2.45) is 0 Å². The van der Waals surface area contributed by atoms with Gasteiger partial charge in [0.05, 0.1) is 0 Å². The van der Waals surface area contributed by atoms with Gasteiger partial charge in [0.15, 0.2) is 0 Å². The van der Waals surface area contributed by atoms with Gasteiger partial charge in [-0.1, -0.05) is 85.0 Å². The maximum atomic E-state index is 2.10. The van der Waals surface area contributed by atoms with Crippen molar-refractivity contribution in [3.05, 3.63) is 98.8 Å². The molecule has 0 spiro atoms. The topological polar surface area (TPSA) is 0 Å². The Hall–Kier alpha value is -1.15. The summed E-state index contributed by atoms with van der Waals surface area (Å²) in [7, 11) is 0. The largest absolute Gasteiger partial charge is 2.00 e. The first-order valence-corrected chi connectivity index (χ1v) is 5.40. The van der Waals surface area contributed by atoms with Gasteiger partial charge in [0.25, 0.3) is 0 Å². The van der Waals surface area contributed by atoms with E-state index in [0.717, 1.165) is 0 Å². The summed E-state index contributed by atoms with van der Waals surface area (Å²) in [6, 6.07) is 20.6. The Morgan fingerprint density at radius 3 is 1.15 bits per heavy atom. The van der Waals surface area contributed by atoms with E-state index in [1.807, 2.05) is 36.4 Å². The first-order chi connectivity index (χ1) is 7.95. The van der Waals surface area contributed by atoms with E-state index < -0.39 is 0 Å². The standard InChI is InChI=1S/C16H14.2CH3.H4Si.Ti/c1-3-9-15(10-4-1)13-7-8-14-16-11-5-2-6-12-16;;;;/h1-14H;2*1H3;1H4;/q;2*-1;;+2. The summed E-state index contributed by atoms with van der Waals surface area (Å²) in [6.45, 7) is 0. The quantitative estimate of drug-likeness (QED) is 0.458. The minimum absolute atomic E-state index is 0. The van der Waals surface area contributed by atoms with Crippen LogP contribution in [0.4, 0.5) is 0 Å². The molecule has 0 aliphatic rings. The van der Waals surface area contributed by atoms with Crippen LogP contribution in [0.5, 0.6) is 0 Å². The van der Waals surface area contributed by atoms with E-state index in [0.29, 0.717) is 0 Å². The van der Waals surface area contributed by atoms with Gasteiger partial charge in [-0.05, 0) is 22.1 Å². The summed E-state index contributed by atoms with van der Waals surface area (Å²) in [5.41, 5.74) is 2.44. The maximum Gasteiger partial charge on any atom is 2.00 e. The van der Waals surface area contributed by atoms with Crippen molar-refractivity contribution >= 4 is 23.1 Å².